The fourth-order valence-electron chi connectivity index (χ4n) is 5.48. The van der Waals surface area contributed by atoms with E-state index in [4.69, 9.17) is 33.2 Å². The van der Waals surface area contributed by atoms with Crippen LogP contribution < -0.4 is 24.3 Å². The third-order valence-corrected chi connectivity index (χ3v) is 7.86. The molecule has 2 aromatic carbocycles. The molecule has 1 unspecified atom stereocenters. The molecule has 12 nitrogen and oxygen atoms in total. The van der Waals surface area contributed by atoms with Gasteiger partial charge in [0.15, 0.2) is 23.5 Å². The van der Waals surface area contributed by atoms with E-state index in [1.54, 1.807) is 14.2 Å². The molecule has 1 aliphatic heterocycles. The highest BCUT2D eigenvalue weighted by Crippen LogP contribution is 2.32. The van der Waals surface area contributed by atoms with Crippen LogP contribution in [0.25, 0.3) is 0 Å². The molecule has 1 saturated heterocycles. The highest BCUT2D eigenvalue weighted by atomic mass is 16.7. The Hall–Kier alpha value is -4.39. The number of hydrogen-bond acceptors (Lipinski definition) is 11. The Labute approximate surface area is 268 Å². The number of rotatable bonds is 12. The Kier molecular flexibility index (Phi) is 12.6. The number of carbonyl (C=O) groups excluding carboxylic acids is 2. The third kappa shape index (κ3) is 9.32. The maximum atomic E-state index is 13.5. The molecule has 1 fully saturated rings. The van der Waals surface area contributed by atoms with E-state index >= 15 is 0 Å². The molecule has 12 heteroatoms. The highest BCUT2D eigenvalue weighted by molar-refractivity contribution is 5.96. The molecule has 0 spiro atoms. The first-order chi connectivity index (χ1) is 22.2. The van der Waals surface area contributed by atoms with Crippen molar-refractivity contribution < 1.29 is 47.9 Å². The number of esters is 1. The van der Waals surface area contributed by atoms with Gasteiger partial charge in [-0.05, 0) is 67.0 Å². The average Bonchev–Trinajstić information content (AvgIpc) is 3.10. The minimum absolute atomic E-state index is 0.0173. The standard InChI is InChI=1S/C34H42N2O10/c1-21-28(17-24-9-7-11-27(16-24)41-4)25(14-23-8-6-10-26(15-23)40-3)18-43-19-29(34(39)46-21)36-33(38)31-32(45-20-44-22(2)37)30(42-5)12-13-35-31/h6-13,15-16,21,25,28-29,34,39H,14,17-20H2,1-5H3,(H,36,38)/t21-,25-,28-,29-,34?/m0/s1. The number of ether oxygens (including phenoxy) is 7. The lowest BCUT2D eigenvalue weighted by Crippen LogP contribution is -2.48. The van der Waals surface area contributed by atoms with Crippen molar-refractivity contribution in [3.63, 3.8) is 0 Å². The number of aromatic nitrogens is 1. The smallest absolute Gasteiger partial charge is 0.305 e. The van der Waals surface area contributed by atoms with E-state index in [0.717, 1.165) is 22.6 Å². The normalized spacial score (nSPS) is 21.6. The van der Waals surface area contributed by atoms with E-state index in [0.29, 0.717) is 19.4 Å². The number of nitrogens with zero attached hydrogens (tertiary/aromatic N) is 1. The molecule has 248 valence electrons. The Morgan fingerprint density at radius 2 is 1.63 bits per heavy atom. The number of nitrogens with one attached hydrogen (secondary N) is 1. The van der Waals surface area contributed by atoms with Gasteiger partial charge in [-0.15, -0.1) is 0 Å². The van der Waals surface area contributed by atoms with Crippen molar-refractivity contribution in [3.8, 4) is 23.0 Å². The minimum atomic E-state index is -1.40. The van der Waals surface area contributed by atoms with Crippen LogP contribution in [-0.2, 0) is 31.8 Å². The third-order valence-electron chi connectivity index (χ3n) is 7.86. The van der Waals surface area contributed by atoms with Crippen LogP contribution in [-0.4, -0.2) is 81.7 Å². The first-order valence-electron chi connectivity index (χ1n) is 15.0. The van der Waals surface area contributed by atoms with Crippen LogP contribution in [0.4, 0.5) is 0 Å². The van der Waals surface area contributed by atoms with E-state index in [9.17, 15) is 14.7 Å². The summed E-state index contributed by atoms with van der Waals surface area (Å²) < 4.78 is 39.0. The molecule has 0 bridgehead atoms. The largest absolute Gasteiger partial charge is 0.497 e. The second kappa shape index (κ2) is 16.8. The van der Waals surface area contributed by atoms with Crippen LogP contribution in [0.5, 0.6) is 23.0 Å². The van der Waals surface area contributed by atoms with Crippen molar-refractivity contribution >= 4 is 11.9 Å². The SMILES string of the molecule is COc1cccc(C[C@H]2COC[C@H](NC(=O)c3nccc(OC)c3OCOC(C)=O)C(O)O[C@@H](C)[C@@H]2Cc2cccc(OC)c2)c1. The van der Waals surface area contributed by atoms with Crippen LogP contribution in [0.1, 0.15) is 35.5 Å². The van der Waals surface area contributed by atoms with Crippen molar-refractivity contribution in [2.45, 2.75) is 45.1 Å². The van der Waals surface area contributed by atoms with Gasteiger partial charge in [0, 0.05) is 19.2 Å². The molecular formula is C34H42N2O10. The number of carbonyl (C=O) groups is 2. The van der Waals surface area contributed by atoms with E-state index in [-0.39, 0.29) is 35.6 Å². The lowest BCUT2D eigenvalue weighted by atomic mass is 9.80. The average molecular weight is 639 g/mol. The Morgan fingerprint density at radius 1 is 0.957 bits per heavy atom. The predicted octanol–water partition coefficient (Wildman–Crippen LogP) is 3.58. The summed E-state index contributed by atoms with van der Waals surface area (Å²) in [7, 11) is 4.67. The molecule has 3 aromatic rings. The zero-order valence-electron chi connectivity index (χ0n) is 26.8. The highest BCUT2D eigenvalue weighted by Gasteiger charge is 2.35. The number of pyridine rings is 1. The zero-order chi connectivity index (χ0) is 33.1. The van der Waals surface area contributed by atoms with Crippen LogP contribution in [0.2, 0.25) is 0 Å². The van der Waals surface area contributed by atoms with Gasteiger partial charge in [0.1, 0.15) is 17.5 Å². The molecule has 2 heterocycles. The van der Waals surface area contributed by atoms with Gasteiger partial charge in [-0.1, -0.05) is 24.3 Å². The molecule has 1 aromatic heterocycles. The van der Waals surface area contributed by atoms with Gasteiger partial charge in [-0.2, -0.15) is 0 Å². The summed E-state index contributed by atoms with van der Waals surface area (Å²) in [5.41, 5.74) is 2.00. The zero-order valence-corrected chi connectivity index (χ0v) is 26.8. The molecule has 5 atom stereocenters. The predicted molar refractivity (Wildman–Crippen MR) is 167 cm³/mol. The second-order valence-electron chi connectivity index (χ2n) is 11.0. The summed E-state index contributed by atoms with van der Waals surface area (Å²) in [6.07, 6.45) is 0.849. The van der Waals surface area contributed by atoms with Crippen molar-refractivity contribution in [2.75, 3.05) is 41.3 Å². The van der Waals surface area contributed by atoms with Crippen molar-refractivity contribution in [1.29, 1.82) is 0 Å². The quantitative estimate of drug-likeness (QED) is 0.222. The fourth-order valence-corrected chi connectivity index (χ4v) is 5.48. The molecule has 46 heavy (non-hydrogen) atoms. The Bertz CT molecular complexity index is 1450. The van der Waals surface area contributed by atoms with Crippen molar-refractivity contribution in [1.82, 2.24) is 10.3 Å². The van der Waals surface area contributed by atoms with Crippen LogP contribution in [0.3, 0.4) is 0 Å². The number of aliphatic hydroxyl groups is 1. The molecular weight excluding hydrogens is 596 g/mol. The maximum absolute atomic E-state index is 13.5. The van der Waals surface area contributed by atoms with Crippen LogP contribution in [0.15, 0.2) is 60.8 Å². The lowest BCUT2D eigenvalue weighted by molar-refractivity contribution is -0.163. The van der Waals surface area contributed by atoms with Crippen molar-refractivity contribution in [2.24, 2.45) is 11.8 Å². The molecule has 1 aliphatic rings. The van der Waals surface area contributed by atoms with Crippen molar-refractivity contribution in [3.05, 3.63) is 77.6 Å². The minimum Gasteiger partial charge on any atom is -0.497 e. The van der Waals surface area contributed by atoms with E-state index < -0.39 is 37.1 Å². The van der Waals surface area contributed by atoms with E-state index in [1.165, 1.54) is 26.3 Å². The topological polar surface area (TPSA) is 144 Å². The summed E-state index contributed by atoms with van der Waals surface area (Å²) in [6, 6.07) is 16.3. The summed E-state index contributed by atoms with van der Waals surface area (Å²) in [5, 5.41) is 14.0. The second-order valence-corrected chi connectivity index (χ2v) is 11.0. The van der Waals surface area contributed by atoms with Gasteiger partial charge in [0.25, 0.3) is 5.91 Å². The van der Waals surface area contributed by atoms with Crippen LogP contribution in [0, 0.1) is 11.8 Å². The molecule has 1 amide bonds. The van der Waals surface area contributed by atoms with E-state index in [1.807, 2.05) is 55.5 Å². The molecule has 4 rings (SSSR count). The summed E-state index contributed by atoms with van der Waals surface area (Å²) in [6.45, 7) is 3.01. The summed E-state index contributed by atoms with van der Waals surface area (Å²) >= 11 is 0. The molecule has 0 radical (unpaired) electrons. The van der Waals surface area contributed by atoms with Gasteiger partial charge in [0.2, 0.25) is 6.79 Å². The monoisotopic (exact) mass is 638 g/mol. The fraction of sp³-hybridized carbons (Fsp3) is 0.441. The Morgan fingerprint density at radius 3 is 2.26 bits per heavy atom. The number of methoxy groups -OCH3 is 3. The first kappa shape index (κ1) is 34.5. The van der Waals surface area contributed by atoms with Gasteiger partial charge >= 0.3 is 5.97 Å². The number of amides is 1. The number of aliphatic hydroxyl groups excluding tert-OH is 1. The first-order valence-corrected chi connectivity index (χ1v) is 15.0. The Balaban J connectivity index is 1.57. The maximum Gasteiger partial charge on any atom is 0.305 e. The summed E-state index contributed by atoms with van der Waals surface area (Å²) in [5.74, 6) is 0.383. The lowest BCUT2D eigenvalue weighted by Gasteiger charge is -2.32. The van der Waals surface area contributed by atoms with Gasteiger partial charge < -0.3 is 43.6 Å². The van der Waals surface area contributed by atoms with Gasteiger partial charge in [0.05, 0.1) is 40.6 Å². The van der Waals surface area contributed by atoms with E-state index in [2.05, 4.69) is 10.3 Å². The molecule has 0 aliphatic carbocycles. The molecule has 0 saturated carbocycles. The number of benzene rings is 2. The number of hydrogen-bond donors (Lipinski definition) is 2. The molecule has 2 N–H and O–H groups in total. The van der Waals surface area contributed by atoms with Crippen LogP contribution >= 0.6 is 0 Å². The van der Waals surface area contributed by atoms with Gasteiger partial charge in [-0.3, -0.25) is 9.59 Å². The summed E-state index contributed by atoms with van der Waals surface area (Å²) in [4.78, 5) is 28.9. The van der Waals surface area contributed by atoms with Gasteiger partial charge in [-0.25, -0.2) is 4.98 Å².